The number of piperazine rings is 1. The number of ether oxygens (including phenoxy) is 1. The van der Waals surface area contributed by atoms with E-state index in [1.165, 1.54) is 30.5 Å². The minimum atomic E-state index is -3.85. The molecule has 296 valence electrons. The van der Waals surface area contributed by atoms with Crippen LogP contribution in [-0.4, -0.2) is 118 Å². The number of anilines is 3. The van der Waals surface area contributed by atoms with Gasteiger partial charge in [0.15, 0.2) is 0 Å². The van der Waals surface area contributed by atoms with Gasteiger partial charge in [-0.05, 0) is 73.4 Å². The fourth-order valence-corrected chi connectivity index (χ4v) is 7.73. The van der Waals surface area contributed by atoms with E-state index in [1.807, 2.05) is 12.1 Å². The zero-order valence-electron chi connectivity index (χ0n) is 30.4. The van der Waals surface area contributed by atoms with Gasteiger partial charge in [-0.3, -0.25) is 34.5 Å². The molecule has 8 rings (SSSR count). The number of hydrogen-bond donors (Lipinski definition) is 3. The number of benzene rings is 2. The molecule has 0 bridgehead atoms. The van der Waals surface area contributed by atoms with Crippen LogP contribution in [0.4, 0.5) is 30.8 Å². The number of carbonyl (C=O) groups is 5. The van der Waals surface area contributed by atoms with E-state index in [-0.39, 0.29) is 29.8 Å². The van der Waals surface area contributed by atoms with Crippen molar-refractivity contribution in [2.24, 2.45) is 5.92 Å². The van der Waals surface area contributed by atoms with Crippen LogP contribution in [0.3, 0.4) is 0 Å². The third-order valence-corrected chi connectivity index (χ3v) is 10.6. The summed E-state index contributed by atoms with van der Waals surface area (Å²) < 4.78 is 30.3. The van der Waals surface area contributed by atoms with Gasteiger partial charge in [0.05, 0.1) is 28.9 Å². The quantitative estimate of drug-likeness (QED) is 0.153. The molecular formula is C38H37ClF2N10O6. The summed E-state index contributed by atoms with van der Waals surface area (Å²) in [4.78, 5) is 75.1. The number of H-pyrrole nitrogens is 1. The van der Waals surface area contributed by atoms with Crippen LogP contribution >= 0.6 is 11.6 Å². The second-order valence-electron chi connectivity index (χ2n) is 14.2. The Morgan fingerprint density at radius 2 is 1.61 bits per heavy atom. The molecule has 0 spiro atoms. The molecule has 2 aromatic heterocycles. The number of aromatic nitrogens is 3. The van der Waals surface area contributed by atoms with Gasteiger partial charge in [-0.2, -0.15) is 10.1 Å². The highest BCUT2D eigenvalue weighted by Crippen LogP contribution is 2.33. The number of piperidine rings is 1. The van der Waals surface area contributed by atoms with Crippen LogP contribution in [0.5, 0.6) is 5.75 Å². The van der Waals surface area contributed by atoms with Gasteiger partial charge in [-0.1, -0.05) is 0 Å². The largest absolute Gasteiger partial charge is 0.487 e. The molecule has 6 heterocycles. The van der Waals surface area contributed by atoms with Gasteiger partial charge in [0, 0.05) is 93.2 Å². The normalized spacial score (nSPS) is 18.2. The lowest BCUT2D eigenvalue weighted by Gasteiger charge is -2.40. The Kier molecular flexibility index (Phi) is 10.2. The maximum absolute atomic E-state index is 13.3. The first-order valence-electron chi connectivity index (χ1n) is 18.4. The van der Waals surface area contributed by atoms with E-state index in [4.69, 9.17) is 16.6 Å². The SMILES string of the molecule is O=C1CCN(N2C(=O)c3ccc(N4CCC(CN5CCN(c6ncc(C(=O)Nc7ccc(OC(F)(F)Cl)cc7)cc6-c6ccn[nH]6)CC5)CC4)cc3C2=O)C(=O)N1. The summed E-state index contributed by atoms with van der Waals surface area (Å²) in [6.07, 6.45) is 5.04. The van der Waals surface area contributed by atoms with Gasteiger partial charge in [0.1, 0.15) is 11.6 Å². The molecule has 4 aromatic rings. The summed E-state index contributed by atoms with van der Waals surface area (Å²) in [5.41, 5.74) is -0.448. The second kappa shape index (κ2) is 15.4. The lowest BCUT2D eigenvalue weighted by Crippen LogP contribution is -2.58. The summed E-state index contributed by atoms with van der Waals surface area (Å²) in [6.45, 7) is 5.56. The highest BCUT2D eigenvalue weighted by atomic mass is 35.5. The zero-order chi connectivity index (χ0) is 39.8. The van der Waals surface area contributed by atoms with E-state index in [0.29, 0.717) is 28.4 Å². The number of imide groups is 2. The Balaban J connectivity index is 0.850. The highest BCUT2D eigenvalue weighted by molar-refractivity contribution is 6.22. The molecule has 3 saturated heterocycles. The summed E-state index contributed by atoms with van der Waals surface area (Å²) in [5, 5.41) is 13.8. The first-order valence-corrected chi connectivity index (χ1v) is 18.8. The average Bonchev–Trinajstić information content (AvgIpc) is 3.82. The average molecular weight is 803 g/mol. The van der Waals surface area contributed by atoms with E-state index in [2.05, 4.69) is 40.3 Å². The number of amides is 6. The van der Waals surface area contributed by atoms with Gasteiger partial charge in [0.2, 0.25) is 5.91 Å². The Morgan fingerprint density at radius 1 is 0.877 bits per heavy atom. The lowest BCUT2D eigenvalue weighted by atomic mass is 9.95. The van der Waals surface area contributed by atoms with E-state index in [9.17, 15) is 32.8 Å². The molecule has 57 heavy (non-hydrogen) atoms. The van der Waals surface area contributed by atoms with Gasteiger partial charge < -0.3 is 19.9 Å². The van der Waals surface area contributed by atoms with Crippen LogP contribution in [0.1, 0.15) is 50.3 Å². The minimum Gasteiger partial charge on any atom is -0.420 e. The number of urea groups is 1. The minimum absolute atomic E-state index is 0.00117. The van der Waals surface area contributed by atoms with Gasteiger partial charge in [-0.15, -0.1) is 8.78 Å². The van der Waals surface area contributed by atoms with Crippen molar-refractivity contribution in [1.82, 2.24) is 35.4 Å². The molecule has 16 nitrogen and oxygen atoms in total. The van der Waals surface area contributed by atoms with Crippen LogP contribution in [0.2, 0.25) is 0 Å². The molecule has 0 atom stereocenters. The van der Waals surface area contributed by atoms with Crippen molar-refractivity contribution in [2.75, 3.05) is 67.5 Å². The van der Waals surface area contributed by atoms with Gasteiger partial charge in [0.25, 0.3) is 17.7 Å². The zero-order valence-corrected chi connectivity index (χ0v) is 31.2. The van der Waals surface area contributed by atoms with E-state index in [0.717, 1.165) is 80.2 Å². The van der Waals surface area contributed by atoms with E-state index < -0.39 is 35.2 Å². The van der Waals surface area contributed by atoms with Crippen LogP contribution in [0, 0.1) is 5.92 Å². The van der Waals surface area contributed by atoms with Crippen LogP contribution < -0.4 is 25.2 Å². The number of pyridine rings is 1. The number of nitrogens with zero attached hydrogens (tertiary/aromatic N) is 7. The summed E-state index contributed by atoms with van der Waals surface area (Å²) in [7, 11) is 0. The first kappa shape index (κ1) is 37.8. The molecule has 2 aromatic carbocycles. The number of rotatable bonds is 10. The lowest BCUT2D eigenvalue weighted by molar-refractivity contribution is -0.122. The van der Waals surface area contributed by atoms with Crippen LogP contribution in [-0.2, 0) is 4.79 Å². The van der Waals surface area contributed by atoms with Crippen LogP contribution in [0.15, 0.2) is 67.0 Å². The van der Waals surface area contributed by atoms with Crippen molar-refractivity contribution in [3.63, 3.8) is 0 Å². The number of hydrogen-bond acceptors (Lipinski definition) is 11. The van der Waals surface area contributed by atoms with Crippen molar-refractivity contribution < 1.29 is 37.5 Å². The van der Waals surface area contributed by atoms with Gasteiger partial charge in [-0.25, -0.2) is 14.8 Å². The molecule has 3 fully saturated rings. The molecule has 0 aliphatic carbocycles. The predicted octanol–water partition coefficient (Wildman–Crippen LogP) is 4.38. The second-order valence-corrected chi connectivity index (χ2v) is 14.6. The fourth-order valence-electron chi connectivity index (χ4n) is 7.64. The topological polar surface area (TPSA) is 176 Å². The fraction of sp³-hybridized carbons (Fsp3) is 0.342. The standard InChI is InChI=1S/C38H37ClF2N10O6/c39-38(40,41)57-27-4-1-25(2-5-27)44-34(53)24-19-30(31-7-11-43-46-31)33(42-21-24)49-17-15-47(16-18-49)22-23-8-12-48(13-9-23)26-3-6-28-29(20-26)36(55)51(35(28)54)50-14-10-32(52)45-37(50)56/h1-7,11,19-21,23H,8-10,12-18,22H2,(H,43,46)(H,44,53)(H,45,52,56). The number of carbonyl (C=O) groups excluding carboxylic acids is 5. The summed E-state index contributed by atoms with van der Waals surface area (Å²) in [5.74, 6) is -1.01. The predicted molar refractivity (Wildman–Crippen MR) is 203 cm³/mol. The summed E-state index contributed by atoms with van der Waals surface area (Å²) in [6, 6.07) is 13.4. The molecular weight excluding hydrogens is 766 g/mol. The number of nitrogens with one attached hydrogen (secondary N) is 3. The van der Waals surface area contributed by atoms with Crippen molar-refractivity contribution >= 4 is 58.5 Å². The van der Waals surface area contributed by atoms with E-state index >= 15 is 0 Å². The number of halogens is 3. The molecule has 3 N–H and O–H groups in total. The molecule has 6 amide bonds. The Labute approximate surface area is 329 Å². The molecule has 0 saturated carbocycles. The van der Waals surface area contributed by atoms with Crippen molar-refractivity contribution in [3.05, 3.63) is 83.7 Å². The number of alkyl halides is 3. The Morgan fingerprint density at radius 3 is 2.30 bits per heavy atom. The first-order chi connectivity index (χ1) is 27.4. The van der Waals surface area contributed by atoms with E-state index in [1.54, 1.807) is 24.4 Å². The Hall–Kier alpha value is -6.14. The van der Waals surface area contributed by atoms with Crippen LogP contribution in [0.25, 0.3) is 11.3 Å². The van der Waals surface area contributed by atoms with Crippen molar-refractivity contribution in [3.8, 4) is 17.0 Å². The molecule has 0 radical (unpaired) electrons. The van der Waals surface area contributed by atoms with Crippen molar-refractivity contribution in [2.45, 2.75) is 24.8 Å². The number of fused-ring (bicyclic) bond motifs is 1. The molecule has 0 unspecified atom stereocenters. The molecule has 19 heteroatoms. The van der Waals surface area contributed by atoms with Crippen molar-refractivity contribution in [1.29, 1.82) is 0 Å². The molecule has 4 aliphatic heterocycles. The number of hydrazine groups is 1. The number of aromatic amines is 1. The monoisotopic (exact) mass is 802 g/mol. The third kappa shape index (κ3) is 8.08. The maximum atomic E-state index is 13.3. The molecule has 4 aliphatic rings. The van der Waals surface area contributed by atoms with Gasteiger partial charge >= 0.3 is 11.6 Å². The smallest absolute Gasteiger partial charge is 0.420 e. The Bertz CT molecular complexity index is 2200. The highest BCUT2D eigenvalue weighted by Gasteiger charge is 2.43. The summed E-state index contributed by atoms with van der Waals surface area (Å²) >= 11 is 4.83. The maximum Gasteiger partial charge on any atom is 0.487 e. The third-order valence-electron chi connectivity index (χ3n) is 10.6.